The van der Waals surface area contributed by atoms with E-state index in [0.29, 0.717) is 28.5 Å². The van der Waals surface area contributed by atoms with Crippen molar-refractivity contribution in [3.8, 4) is 17.2 Å². The topological polar surface area (TPSA) is 82.6 Å². The Morgan fingerprint density at radius 2 is 1.66 bits per heavy atom. The molecule has 2 atom stereocenters. The third-order valence-electron chi connectivity index (χ3n) is 8.27. The van der Waals surface area contributed by atoms with Gasteiger partial charge < -0.3 is 19.5 Å². The summed E-state index contributed by atoms with van der Waals surface area (Å²) < 4.78 is 16.5. The van der Waals surface area contributed by atoms with Crippen LogP contribution in [0, 0.1) is 5.41 Å². The van der Waals surface area contributed by atoms with Crippen LogP contribution in [-0.4, -0.2) is 29.8 Å². The summed E-state index contributed by atoms with van der Waals surface area (Å²) in [6.45, 7) is 6.75. The van der Waals surface area contributed by atoms with Crippen molar-refractivity contribution in [1.82, 2.24) is 9.97 Å². The summed E-state index contributed by atoms with van der Waals surface area (Å²) in [6.07, 6.45) is 1.59. The maximum atomic E-state index is 14.0. The summed E-state index contributed by atoms with van der Waals surface area (Å²) in [6, 6.07) is 11.2. The summed E-state index contributed by atoms with van der Waals surface area (Å²) in [5.74, 6) is 1.91. The molecule has 0 radical (unpaired) electrons. The van der Waals surface area contributed by atoms with Crippen LogP contribution < -0.4 is 19.5 Å². The van der Waals surface area contributed by atoms with Gasteiger partial charge in [-0.05, 0) is 30.4 Å². The van der Waals surface area contributed by atoms with Gasteiger partial charge in [0.25, 0.3) is 0 Å². The zero-order valence-electron chi connectivity index (χ0n) is 18.6. The van der Waals surface area contributed by atoms with E-state index in [1.807, 2.05) is 36.4 Å². The first-order chi connectivity index (χ1) is 15.3. The number of hydrogen-bond donors (Lipinski definition) is 1. The first-order valence-corrected chi connectivity index (χ1v) is 10.9. The number of aromatic nitrogens is 2. The van der Waals surface area contributed by atoms with E-state index in [0.717, 1.165) is 29.7 Å². The van der Waals surface area contributed by atoms with Crippen LogP contribution in [-0.2, 0) is 15.6 Å². The van der Waals surface area contributed by atoms with Crippen LogP contribution in [0.25, 0.3) is 11.0 Å². The van der Waals surface area contributed by atoms with Crippen molar-refractivity contribution in [3.63, 3.8) is 0 Å². The van der Waals surface area contributed by atoms with Gasteiger partial charge in [0.15, 0.2) is 11.5 Å². The van der Waals surface area contributed by atoms with Crippen LogP contribution in [0.3, 0.4) is 0 Å². The molecule has 3 aromatic rings. The molecule has 1 saturated carbocycles. The predicted molar refractivity (Wildman–Crippen MR) is 119 cm³/mol. The number of benzene rings is 2. The van der Waals surface area contributed by atoms with Crippen LogP contribution in [0.1, 0.15) is 45.0 Å². The average molecular weight is 431 g/mol. The SMILES string of the molecule is COc1ccccc1NC(=O)C12CCC(C)(c3nc4cc5c(cc4nc31)OCO5)C2(C)C. The summed E-state index contributed by atoms with van der Waals surface area (Å²) in [7, 11) is 1.60. The highest BCUT2D eigenvalue weighted by atomic mass is 16.7. The van der Waals surface area contributed by atoms with Gasteiger partial charge in [0.05, 0.1) is 40.6 Å². The van der Waals surface area contributed by atoms with Gasteiger partial charge in [-0.1, -0.05) is 32.9 Å². The van der Waals surface area contributed by atoms with Crippen LogP contribution in [0.15, 0.2) is 36.4 Å². The fraction of sp³-hybridized carbons (Fsp3) is 0.400. The molecule has 7 nitrogen and oxygen atoms in total. The zero-order valence-corrected chi connectivity index (χ0v) is 18.6. The standard InChI is InChI=1S/C25H25N3O4/c1-23(2)24(3)9-10-25(23,22(29)28-14-7-5-6-8-17(14)30-4)21-20(24)26-15-11-18-19(32-13-31-18)12-16(15)27-21/h5-8,11-12H,9-10,13H2,1-4H3,(H,28,29). The lowest BCUT2D eigenvalue weighted by Crippen LogP contribution is -2.48. The number of methoxy groups -OCH3 is 1. The van der Waals surface area contributed by atoms with Gasteiger partial charge in [0.2, 0.25) is 12.7 Å². The number of ether oxygens (including phenoxy) is 3. The molecule has 7 heteroatoms. The quantitative estimate of drug-likeness (QED) is 0.665. The zero-order chi connectivity index (χ0) is 22.3. The number of amides is 1. The molecule has 6 rings (SSSR count). The second kappa shape index (κ2) is 6.12. The van der Waals surface area contributed by atoms with Crippen molar-refractivity contribution in [3.05, 3.63) is 47.8 Å². The lowest BCUT2D eigenvalue weighted by atomic mass is 9.63. The van der Waals surface area contributed by atoms with Gasteiger partial charge in [-0.3, -0.25) is 4.79 Å². The van der Waals surface area contributed by atoms with Crippen molar-refractivity contribution in [2.24, 2.45) is 5.41 Å². The number of rotatable bonds is 3. The molecule has 1 fully saturated rings. The number of carbonyl (C=O) groups excluding carboxylic acids is 1. The smallest absolute Gasteiger partial charge is 0.237 e. The monoisotopic (exact) mass is 431 g/mol. The van der Waals surface area contributed by atoms with E-state index >= 15 is 0 Å². The van der Waals surface area contributed by atoms with Gasteiger partial charge in [-0.25, -0.2) is 9.97 Å². The van der Waals surface area contributed by atoms with E-state index in [9.17, 15) is 4.79 Å². The largest absolute Gasteiger partial charge is 0.495 e. The highest BCUT2D eigenvalue weighted by molar-refractivity contribution is 6.02. The molecule has 32 heavy (non-hydrogen) atoms. The molecule has 2 heterocycles. The second-order valence-electron chi connectivity index (χ2n) is 9.63. The Bertz CT molecular complexity index is 1300. The minimum absolute atomic E-state index is 0.0659. The number of nitrogens with one attached hydrogen (secondary N) is 1. The molecule has 1 aliphatic heterocycles. The average Bonchev–Trinajstić information content (AvgIpc) is 3.36. The van der Waals surface area contributed by atoms with Gasteiger partial charge in [0, 0.05) is 17.5 Å². The van der Waals surface area contributed by atoms with Gasteiger partial charge in [-0.15, -0.1) is 0 Å². The number of para-hydroxylation sites is 2. The van der Waals surface area contributed by atoms with E-state index in [-0.39, 0.29) is 23.5 Å². The van der Waals surface area contributed by atoms with E-state index in [1.165, 1.54) is 0 Å². The normalized spacial score (nSPS) is 26.2. The third-order valence-corrected chi connectivity index (χ3v) is 8.27. The minimum Gasteiger partial charge on any atom is -0.495 e. The van der Waals surface area contributed by atoms with Gasteiger partial charge in [0.1, 0.15) is 5.75 Å². The summed E-state index contributed by atoms with van der Waals surface area (Å²) >= 11 is 0. The number of hydrogen-bond acceptors (Lipinski definition) is 6. The van der Waals surface area contributed by atoms with Crippen LogP contribution in [0.2, 0.25) is 0 Å². The minimum atomic E-state index is -0.796. The molecule has 2 bridgehead atoms. The maximum Gasteiger partial charge on any atom is 0.237 e. The molecule has 0 spiro atoms. The number of fused-ring (bicyclic) bond motifs is 7. The molecule has 2 unspecified atom stereocenters. The summed E-state index contributed by atoms with van der Waals surface area (Å²) in [4.78, 5) is 24.1. The molecule has 3 aliphatic rings. The number of anilines is 1. The fourth-order valence-electron chi connectivity index (χ4n) is 5.97. The number of carbonyl (C=O) groups is 1. The maximum absolute atomic E-state index is 14.0. The van der Waals surface area contributed by atoms with Crippen molar-refractivity contribution >= 4 is 22.6 Å². The van der Waals surface area contributed by atoms with Crippen LogP contribution in [0.5, 0.6) is 17.2 Å². The van der Waals surface area contributed by atoms with Crippen molar-refractivity contribution < 1.29 is 19.0 Å². The Kier molecular flexibility index (Phi) is 3.70. The van der Waals surface area contributed by atoms with Crippen molar-refractivity contribution in [2.75, 3.05) is 19.2 Å². The van der Waals surface area contributed by atoms with Crippen molar-refractivity contribution in [2.45, 2.75) is 44.4 Å². The number of nitrogens with zero attached hydrogens (tertiary/aromatic N) is 2. The highest BCUT2D eigenvalue weighted by Gasteiger charge is 2.73. The van der Waals surface area contributed by atoms with E-state index in [2.05, 4.69) is 26.1 Å². The van der Waals surface area contributed by atoms with Gasteiger partial charge in [-0.2, -0.15) is 0 Å². The summed E-state index contributed by atoms with van der Waals surface area (Å²) in [5.41, 5.74) is 2.38. The van der Waals surface area contributed by atoms with E-state index < -0.39 is 5.41 Å². The molecule has 164 valence electrons. The van der Waals surface area contributed by atoms with Crippen LogP contribution >= 0.6 is 0 Å². The molecule has 2 aromatic carbocycles. The van der Waals surface area contributed by atoms with Gasteiger partial charge >= 0.3 is 0 Å². The Hall–Kier alpha value is -3.35. The molecular formula is C25H25N3O4. The first kappa shape index (κ1) is 19.3. The molecular weight excluding hydrogens is 406 g/mol. The highest BCUT2D eigenvalue weighted by Crippen LogP contribution is 2.70. The second-order valence-corrected chi connectivity index (χ2v) is 9.63. The predicted octanol–water partition coefficient (Wildman–Crippen LogP) is 4.33. The Labute approximate surface area is 186 Å². The molecule has 1 N–H and O–H groups in total. The molecule has 1 amide bonds. The molecule has 1 aromatic heterocycles. The third kappa shape index (κ3) is 2.13. The Morgan fingerprint density at radius 1 is 1.00 bits per heavy atom. The molecule has 2 aliphatic carbocycles. The van der Waals surface area contributed by atoms with Crippen molar-refractivity contribution in [1.29, 1.82) is 0 Å². The fourth-order valence-corrected chi connectivity index (χ4v) is 5.97. The van der Waals surface area contributed by atoms with E-state index in [1.54, 1.807) is 7.11 Å². The first-order valence-electron chi connectivity index (χ1n) is 10.9. The van der Waals surface area contributed by atoms with Crippen LogP contribution in [0.4, 0.5) is 5.69 Å². The Morgan fingerprint density at radius 3 is 2.34 bits per heavy atom. The summed E-state index contributed by atoms with van der Waals surface area (Å²) in [5, 5.41) is 3.15. The lowest BCUT2D eigenvalue weighted by molar-refractivity contribution is -0.125. The lowest BCUT2D eigenvalue weighted by Gasteiger charge is -2.39. The van der Waals surface area contributed by atoms with E-state index in [4.69, 9.17) is 24.2 Å². The molecule has 0 saturated heterocycles. The Balaban J connectivity index is 1.54.